The highest BCUT2D eigenvalue weighted by Gasteiger charge is 2.55. The molecular formula is C21H24N2O3. The lowest BCUT2D eigenvalue weighted by molar-refractivity contribution is -0.931. The van der Waals surface area contributed by atoms with E-state index in [0.717, 1.165) is 17.7 Å². The van der Waals surface area contributed by atoms with Crippen molar-refractivity contribution in [3.05, 3.63) is 52.6 Å². The van der Waals surface area contributed by atoms with Gasteiger partial charge in [0.05, 0.1) is 37.6 Å². The summed E-state index contributed by atoms with van der Waals surface area (Å²) in [7, 11) is 3.89. The zero-order valence-corrected chi connectivity index (χ0v) is 15.4. The predicted octanol–water partition coefficient (Wildman–Crippen LogP) is 3.23. The number of carbonyl (C=O) groups excluding carboxylic acids is 1. The predicted molar refractivity (Wildman–Crippen MR) is 99.0 cm³/mol. The van der Waals surface area contributed by atoms with Gasteiger partial charge in [-0.25, -0.2) is 0 Å². The SMILES string of the molecule is CC(=O)C1=COC[C@@H]2[C@H]1C[C@H]1c3c(c4ccccc4n3C)C[C@@H]2[N+]1(C)[O-]. The first-order valence-corrected chi connectivity index (χ1v) is 9.37. The maximum atomic E-state index is 13.8. The van der Waals surface area contributed by atoms with Crippen LogP contribution in [0.1, 0.15) is 30.6 Å². The Morgan fingerprint density at radius 3 is 2.88 bits per heavy atom. The Labute approximate surface area is 153 Å². The number of aryl methyl sites for hydroxylation is 1. The fourth-order valence-electron chi connectivity index (χ4n) is 5.80. The number of allylic oxidation sites excluding steroid dienone is 1. The van der Waals surface area contributed by atoms with Gasteiger partial charge in [0.25, 0.3) is 0 Å². The molecule has 1 fully saturated rings. The molecule has 5 rings (SSSR count). The molecule has 0 radical (unpaired) electrons. The molecule has 0 N–H and O–H groups in total. The van der Waals surface area contributed by atoms with Gasteiger partial charge in [-0.05, 0) is 18.6 Å². The molecule has 0 saturated carbocycles. The quantitative estimate of drug-likeness (QED) is 0.585. The van der Waals surface area contributed by atoms with Gasteiger partial charge in [0.2, 0.25) is 0 Å². The van der Waals surface area contributed by atoms with Gasteiger partial charge in [-0.15, -0.1) is 0 Å². The van der Waals surface area contributed by atoms with Crippen LogP contribution in [0, 0.1) is 17.0 Å². The van der Waals surface area contributed by atoms with Crippen LogP contribution in [0.15, 0.2) is 36.1 Å². The average molecular weight is 352 g/mol. The molecule has 1 aromatic carbocycles. The highest BCUT2D eigenvalue weighted by Crippen LogP contribution is 2.54. The van der Waals surface area contributed by atoms with Crippen LogP contribution in [0.2, 0.25) is 0 Å². The number of nitrogens with zero attached hydrogens (tertiary/aromatic N) is 2. The first kappa shape index (κ1) is 16.1. The molecule has 5 nitrogen and oxygen atoms in total. The molecule has 0 amide bonds. The number of aromatic nitrogens is 1. The molecule has 4 heterocycles. The second-order valence-electron chi connectivity index (χ2n) is 8.25. The Morgan fingerprint density at radius 1 is 1.35 bits per heavy atom. The van der Waals surface area contributed by atoms with Crippen molar-refractivity contribution in [3.8, 4) is 0 Å². The molecule has 0 aliphatic carbocycles. The Balaban J connectivity index is 1.72. The maximum Gasteiger partial charge on any atom is 0.159 e. The van der Waals surface area contributed by atoms with Crippen LogP contribution in [0.5, 0.6) is 0 Å². The number of likely N-dealkylation sites (N-methyl/N-ethyl adjacent to an activating group) is 1. The molecule has 1 saturated heterocycles. The van der Waals surface area contributed by atoms with Crippen molar-refractivity contribution in [2.45, 2.75) is 31.8 Å². The first-order valence-electron chi connectivity index (χ1n) is 9.37. The topological polar surface area (TPSA) is 54.3 Å². The molecule has 5 heteroatoms. The van der Waals surface area contributed by atoms with E-state index in [1.165, 1.54) is 16.5 Å². The Bertz CT molecular complexity index is 956. The summed E-state index contributed by atoms with van der Waals surface area (Å²) in [4.78, 5) is 12.2. The third-order valence-electron chi connectivity index (χ3n) is 7.06. The summed E-state index contributed by atoms with van der Waals surface area (Å²) in [5.41, 5.74) is 4.43. The number of hydroxylamine groups is 3. The van der Waals surface area contributed by atoms with Crippen LogP contribution in [0.4, 0.5) is 0 Å². The van der Waals surface area contributed by atoms with Crippen molar-refractivity contribution in [2.75, 3.05) is 13.7 Å². The van der Waals surface area contributed by atoms with Crippen molar-refractivity contribution in [2.24, 2.45) is 18.9 Å². The number of fused-ring (bicyclic) bond motifs is 8. The number of quaternary nitrogens is 1. The second kappa shape index (κ2) is 5.21. The Morgan fingerprint density at radius 2 is 2.12 bits per heavy atom. The molecule has 1 aromatic heterocycles. The molecule has 26 heavy (non-hydrogen) atoms. The van der Waals surface area contributed by atoms with Gasteiger partial charge in [0, 0.05) is 42.3 Å². The minimum absolute atomic E-state index is 0.0667. The number of hydrogen-bond donors (Lipinski definition) is 0. The number of carbonyl (C=O) groups is 1. The minimum atomic E-state index is -0.257. The number of rotatable bonds is 1. The highest BCUT2D eigenvalue weighted by molar-refractivity contribution is 5.93. The van der Waals surface area contributed by atoms with Crippen LogP contribution >= 0.6 is 0 Å². The van der Waals surface area contributed by atoms with Crippen LogP contribution in [-0.4, -0.2) is 34.7 Å². The number of para-hydroxylation sites is 1. The number of hydrogen-bond acceptors (Lipinski definition) is 3. The van der Waals surface area contributed by atoms with Gasteiger partial charge in [-0.3, -0.25) is 4.79 Å². The first-order chi connectivity index (χ1) is 12.4. The van der Waals surface area contributed by atoms with Gasteiger partial charge in [0.15, 0.2) is 5.78 Å². The zero-order valence-electron chi connectivity index (χ0n) is 15.4. The van der Waals surface area contributed by atoms with Gasteiger partial charge >= 0.3 is 0 Å². The summed E-state index contributed by atoms with van der Waals surface area (Å²) in [5.74, 6) is 0.296. The van der Waals surface area contributed by atoms with Crippen molar-refractivity contribution in [1.82, 2.24) is 4.57 Å². The van der Waals surface area contributed by atoms with E-state index in [-0.39, 0.29) is 34.3 Å². The number of ketones is 1. The number of ether oxygens (including phenoxy) is 1. The van der Waals surface area contributed by atoms with Crippen LogP contribution in [0.3, 0.4) is 0 Å². The molecule has 2 aromatic rings. The smallest absolute Gasteiger partial charge is 0.159 e. The molecule has 2 bridgehead atoms. The minimum Gasteiger partial charge on any atom is -0.632 e. The second-order valence-corrected chi connectivity index (χ2v) is 8.25. The largest absolute Gasteiger partial charge is 0.632 e. The van der Waals surface area contributed by atoms with Crippen LogP contribution in [0.25, 0.3) is 10.9 Å². The summed E-state index contributed by atoms with van der Waals surface area (Å²) in [6.45, 7) is 2.14. The normalized spacial score (nSPS) is 35.3. The lowest BCUT2D eigenvalue weighted by Gasteiger charge is -2.61. The Kier molecular flexibility index (Phi) is 3.22. The number of Topliss-reactive ketones (excluding diaryl/α,β-unsaturated/α-hetero) is 1. The summed E-state index contributed by atoms with van der Waals surface area (Å²) in [6.07, 6.45) is 3.11. The van der Waals surface area contributed by atoms with Crippen molar-refractivity contribution in [1.29, 1.82) is 0 Å². The van der Waals surface area contributed by atoms with Gasteiger partial charge in [0.1, 0.15) is 6.04 Å². The zero-order chi connectivity index (χ0) is 18.2. The third-order valence-corrected chi connectivity index (χ3v) is 7.06. The van der Waals surface area contributed by atoms with E-state index in [2.05, 4.69) is 35.9 Å². The summed E-state index contributed by atoms with van der Waals surface area (Å²) < 4.78 is 7.59. The van der Waals surface area contributed by atoms with Crippen molar-refractivity contribution in [3.63, 3.8) is 0 Å². The number of piperidine rings is 1. The molecule has 1 unspecified atom stereocenters. The van der Waals surface area contributed by atoms with E-state index in [0.29, 0.717) is 13.0 Å². The standard InChI is InChI=1S/C21H24N2O3/c1-12(24)16-10-26-11-17-14(16)8-20-21-15(9-19(17)23(20,3)25)13-6-4-5-7-18(13)22(21)2/h4-7,10,14,17,19-20H,8-9,11H2,1-3H3/t14-,17+,19-,20-,23?/m0/s1. The summed E-state index contributed by atoms with van der Waals surface area (Å²) in [6, 6.07) is 8.21. The van der Waals surface area contributed by atoms with Gasteiger partial charge < -0.3 is 19.2 Å². The van der Waals surface area contributed by atoms with Crippen molar-refractivity contribution >= 4 is 16.7 Å². The van der Waals surface area contributed by atoms with E-state index in [4.69, 9.17) is 4.74 Å². The molecule has 0 spiro atoms. The molecule has 136 valence electrons. The fourth-order valence-corrected chi connectivity index (χ4v) is 5.80. The van der Waals surface area contributed by atoms with Crippen LogP contribution < -0.4 is 0 Å². The van der Waals surface area contributed by atoms with E-state index in [9.17, 15) is 10.0 Å². The molecule has 5 atom stereocenters. The number of benzene rings is 1. The average Bonchev–Trinajstić information content (AvgIpc) is 2.87. The monoisotopic (exact) mass is 352 g/mol. The molecular weight excluding hydrogens is 328 g/mol. The van der Waals surface area contributed by atoms with Gasteiger partial charge in [-0.2, -0.15) is 0 Å². The lowest BCUT2D eigenvalue weighted by Crippen LogP contribution is -2.63. The lowest BCUT2D eigenvalue weighted by atomic mass is 9.67. The highest BCUT2D eigenvalue weighted by atomic mass is 16.5. The summed E-state index contributed by atoms with van der Waals surface area (Å²) in [5, 5.41) is 15.0. The van der Waals surface area contributed by atoms with Crippen molar-refractivity contribution < 1.29 is 14.2 Å². The Hall–Kier alpha value is -2.11. The van der Waals surface area contributed by atoms with Gasteiger partial charge in [-0.1, -0.05) is 18.2 Å². The fraction of sp³-hybridized carbons (Fsp3) is 0.476. The van der Waals surface area contributed by atoms with Crippen LogP contribution in [-0.2, 0) is 23.0 Å². The van der Waals surface area contributed by atoms with E-state index in [1.54, 1.807) is 13.2 Å². The molecule has 3 aliphatic heterocycles. The van der Waals surface area contributed by atoms with E-state index in [1.807, 2.05) is 7.05 Å². The third kappa shape index (κ3) is 1.90. The van der Waals surface area contributed by atoms with E-state index >= 15 is 0 Å². The van der Waals surface area contributed by atoms with E-state index < -0.39 is 0 Å². The maximum absolute atomic E-state index is 13.8. The molecule has 3 aliphatic rings. The summed E-state index contributed by atoms with van der Waals surface area (Å²) >= 11 is 0.